The van der Waals surface area contributed by atoms with Crippen molar-refractivity contribution in [3.63, 3.8) is 0 Å². The first kappa shape index (κ1) is 19.1. The highest BCUT2D eigenvalue weighted by Gasteiger charge is 2.25. The Morgan fingerprint density at radius 1 is 1.27 bits per heavy atom. The number of carbonyl (C=O) groups excluding carboxylic acids is 1. The van der Waals surface area contributed by atoms with Crippen LogP contribution < -0.4 is 15.8 Å². The number of nitrogens with zero attached hydrogens (tertiary/aromatic N) is 4. The molecule has 26 heavy (non-hydrogen) atoms. The SMILES string of the molecule is CCCCN(C)c1ncnc(NNC(=O)c2ccc(C)cc2)c1[N+](=O)[O-]. The molecule has 0 aliphatic rings. The molecule has 1 heterocycles. The molecule has 138 valence electrons. The highest BCUT2D eigenvalue weighted by atomic mass is 16.6. The van der Waals surface area contributed by atoms with Crippen molar-refractivity contribution in [1.29, 1.82) is 0 Å². The average molecular weight is 358 g/mol. The lowest BCUT2D eigenvalue weighted by atomic mass is 10.1. The van der Waals surface area contributed by atoms with Crippen LogP contribution in [0.1, 0.15) is 35.7 Å². The maximum absolute atomic E-state index is 12.2. The van der Waals surface area contributed by atoms with E-state index in [9.17, 15) is 14.9 Å². The fraction of sp³-hybridized carbons (Fsp3) is 0.353. The molecule has 0 saturated carbocycles. The highest BCUT2D eigenvalue weighted by molar-refractivity contribution is 5.95. The van der Waals surface area contributed by atoms with Crippen molar-refractivity contribution in [1.82, 2.24) is 15.4 Å². The molecule has 1 aromatic heterocycles. The van der Waals surface area contributed by atoms with Gasteiger partial charge in [-0.25, -0.2) is 9.97 Å². The topological polar surface area (TPSA) is 113 Å². The summed E-state index contributed by atoms with van der Waals surface area (Å²) < 4.78 is 0. The molecule has 0 fully saturated rings. The Morgan fingerprint density at radius 3 is 2.58 bits per heavy atom. The fourth-order valence-corrected chi connectivity index (χ4v) is 2.30. The number of anilines is 2. The molecular weight excluding hydrogens is 336 g/mol. The van der Waals surface area contributed by atoms with Gasteiger partial charge < -0.3 is 4.90 Å². The lowest BCUT2D eigenvalue weighted by Crippen LogP contribution is -2.31. The molecule has 2 rings (SSSR count). The number of nitro groups is 1. The smallest absolute Gasteiger partial charge is 0.354 e. The molecule has 0 bridgehead atoms. The van der Waals surface area contributed by atoms with Crippen LogP contribution in [-0.4, -0.2) is 34.4 Å². The Labute approximate surface area is 151 Å². The zero-order chi connectivity index (χ0) is 19.1. The number of aromatic nitrogens is 2. The van der Waals surface area contributed by atoms with Crippen LogP contribution >= 0.6 is 0 Å². The predicted molar refractivity (Wildman–Crippen MR) is 99.1 cm³/mol. The standard InChI is InChI=1S/C17H22N6O3/c1-4-5-10-22(3)16-14(23(25)26)15(18-11-19-16)20-21-17(24)13-8-6-12(2)7-9-13/h6-9,11H,4-5,10H2,1-3H3,(H,21,24)(H,18,19,20). The van der Waals surface area contributed by atoms with Crippen molar-refractivity contribution in [2.45, 2.75) is 26.7 Å². The van der Waals surface area contributed by atoms with Gasteiger partial charge in [0, 0.05) is 19.2 Å². The quantitative estimate of drug-likeness (QED) is 0.551. The molecule has 2 aromatic rings. The maximum Gasteiger partial charge on any atom is 0.355 e. The third kappa shape index (κ3) is 4.65. The Balaban J connectivity index is 2.19. The van der Waals surface area contributed by atoms with Crippen LogP contribution in [0.5, 0.6) is 0 Å². The molecular formula is C17H22N6O3. The minimum absolute atomic E-state index is 0.0659. The van der Waals surface area contributed by atoms with E-state index in [1.54, 1.807) is 24.1 Å². The summed E-state index contributed by atoms with van der Waals surface area (Å²) >= 11 is 0. The summed E-state index contributed by atoms with van der Waals surface area (Å²) in [6.07, 6.45) is 3.07. The van der Waals surface area contributed by atoms with Gasteiger partial charge in [0.25, 0.3) is 5.91 Å². The van der Waals surface area contributed by atoms with E-state index in [0.29, 0.717) is 12.1 Å². The minimum atomic E-state index is -0.557. The highest BCUT2D eigenvalue weighted by Crippen LogP contribution is 2.30. The predicted octanol–water partition coefficient (Wildman–Crippen LogP) is 2.69. The van der Waals surface area contributed by atoms with E-state index in [2.05, 4.69) is 20.8 Å². The zero-order valence-electron chi connectivity index (χ0n) is 15.0. The van der Waals surface area contributed by atoms with Gasteiger partial charge in [0.2, 0.25) is 11.6 Å². The lowest BCUT2D eigenvalue weighted by molar-refractivity contribution is -0.383. The van der Waals surface area contributed by atoms with Crippen LogP contribution in [0.15, 0.2) is 30.6 Å². The number of carbonyl (C=O) groups is 1. The van der Waals surface area contributed by atoms with Gasteiger partial charge in [-0.3, -0.25) is 25.8 Å². The molecule has 1 aromatic carbocycles. The molecule has 0 atom stereocenters. The van der Waals surface area contributed by atoms with Gasteiger partial charge >= 0.3 is 5.69 Å². The molecule has 0 unspecified atom stereocenters. The monoisotopic (exact) mass is 358 g/mol. The van der Waals surface area contributed by atoms with Crippen molar-refractivity contribution in [3.05, 3.63) is 51.8 Å². The van der Waals surface area contributed by atoms with Gasteiger partial charge in [-0.2, -0.15) is 0 Å². The summed E-state index contributed by atoms with van der Waals surface area (Å²) in [6.45, 7) is 4.58. The molecule has 0 spiro atoms. The number of hydrazine groups is 1. The van der Waals surface area contributed by atoms with E-state index in [4.69, 9.17) is 0 Å². The second-order valence-corrected chi connectivity index (χ2v) is 5.87. The number of benzene rings is 1. The van der Waals surface area contributed by atoms with Crippen LogP contribution in [-0.2, 0) is 0 Å². The van der Waals surface area contributed by atoms with Gasteiger partial charge in [0.05, 0.1) is 4.92 Å². The number of unbranched alkanes of at least 4 members (excludes halogenated alkanes) is 1. The van der Waals surface area contributed by atoms with E-state index < -0.39 is 10.8 Å². The van der Waals surface area contributed by atoms with Crippen molar-refractivity contribution in [2.75, 3.05) is 23.9 Å². The number of rotatable bonds is 8. The van der Waals surface area contributed by atoms with Gasteiger partial charge in [0.15, 0.2) is 0 Å². The average Bonchev–Trinajstić information content (AvgIpc) is 2.64. The van der Waals surface area contributed by atoms with Crippen LogP contribution in [0.2, 0.25) is 0 Å². The second-order valence-electron chi connectivity index (χ2n) is 5.87. The number of aryl methyl sites for hydroxylation is 1. The summed E-state index contributed by atoms with van der Waals surface area (Å²) in [4.78, 5) is 32.8. The van der Waals surface area contributed by atoms with Crippen LogP contribution in [0.3, 0.4) is 0 Å². The van der Waals surface area contributed by atoms with Crippen LogP contribution in [0, 0.1) is 17.0 Å². The summed E-state index contributed by atoms with van der Waals surface area (Å²) in [6, 6.07) is 6.96. The van der Waals surface area contributed by atoms with Crippen molar-refractivity contribution >= 4 is 23.2 Å². The van der Waals surface area contributed by atoms with Crippen molar-refractivity contribution in [2.24, 2.45) is 0 Å². The van der Waals surface area contributed by atoms with Gasteiger partial charge in [0.1, 0.15) is 6.33 Å². The first-order chi connectivity index (χ1) is 12.4. The Kier molecular flexibility index (Phi) is 6.42. The molecule has 1 amide bonds. The number of amides is 1. The van der Waals surface area contributed by atoms with Crippen LogP contribution in [0.25, 0.3) is 0 Å². The molecule has 0 aliphatic carbocycles. The first-order valence-electron chi connectivity index (χ1n) is 8.27. The summed E-state index contributed by atoms with van der Waals surface area (Å²) in [5, 5.41) is 11.5. The van der Waals surface area contributed by atoms with Gasteiger partial charge in [-0.1, -0.05) is 31.0 Å². The van der Waals surface area contributed by atoms with Crippen molar-refractivity contribution < 1.29 is 9.72 Å². The molecule has 0 radical (unpaired) electrons. The number of hydrogen-bond acceptors (Lipinski definition) is 7. The second kappa shape index (κ2) is 8.75. The number of nitrogens with one attached hydrogen (secondary N) is 2. The van der Waals surface area contributed by atoms with Crippen LogP contribution in [0.4, 0.5) is 17.3 Å². The minimum Gasteiger partial charge on any atom is -0.354 e. The first-order valence-corrected chi connectivity index (χ1v) is 8.27. The summed E-state index contributed by atoms with van der Waals surface area (Å²) in [7, 11) is 1.74. The van der Waals surface area contributed by atoms with E-state index in [1.165, 1.54) is 6.33 Å². The van der Waals surface area contributed by atoms with E-state index in [0.717, 1.165) is 18.4 Å². The molecule has 0 aliphatic heterocycles. The third-order valence-corrected chi connectivity index (χ3v) is 3.80. The molecule has 0 saturated heterocycles. The Hall–Kier alpha value is -3.23. The fourth-order valence-electron chi connectivity index (χ4n) is 2.30. The van der Waals surface area contributed by atoms with E-state index in [1.807, 2.05) is 26.0 Å². The third-order valence-electron chi connectivity index (χ3n) is 3.80. The summed E-state index contributed by atoms with van der Waals surface area (Å²) in [5.74, 6) is -0.284. The molecule has 2 N–H and O–H groups in total. The zero-order valence-corrected chi connectivity index (χ0v) is 15.0. The normalized spacial score (nSPS) is 10.3. The van der Waals surface area contributed by atoms with Crippen molar-refractivity contribution in [3.8, 4) is 0 Å². The van der Waals surface area contributed by atoms with E-state index in [-0.39, 0.29) is 17.3 Å². The van der Waals surface area contributed by atoms with E-state index >= 15 is 0 Å². The lowest BCUT2D eigenvalue weighted by Gasteiger charge is -2.18. The molecule has 9 nitrogen and oxygen atoms in total. The number of hydrogen-bond donors (Lipinski definition) is 2. The Bertz CT molecular complexity index is 779. The summed E-state index contributed by atoms with van der Waals surface area (Å²) in [5.41, 5.74) is 6.15. The molecule has 9 heteroatoms. The largest absolute Gasteiger partial charge is 0.355 e. The maximum atomic E-state index is 12.2. The van der Waals surface area contributed by atoms with Gasteiger partial charge in [-0.15, -0.1) is 0 Å². The Morgan fingerprint density at radius 2 is 1.96 bits per heavy atom. The van der Waals surface area contributed by atoms with Gasteiger partial charge in [-0.05, 0) is 25.5 Å².